The minimum Gasteiger partial charge on any atom is -0.504 e. The first kappa shape index (κ1) is 35.7. The molecule has 4 rings (SSSR count). The van der Waals surface area contributed by atoms with Crippen LogP contribution in [0.2, 0.25) is 10.0 Å². The number of aromatic nitrogens is 1. The Morgan fingerprint density at radius 1 is 1.00 bits per heavy atom. The molecule has 1 aliphatic rings. The number of H-pyrrole nitrogens is 1. The molecule has 0 bridgehead atoms. The topological polar surface area (TPSA) is 182 Å². The summed E-state index contributed by atoms with van der Waals surface area (Å²) in [6.07, 6.45) is 0.203. The molecule has 1 heterocycles. The molecule has 7 N–H and O–H groups in total. The van der Waals surface area contributed by atoms with Gasteiger partial charge in [0, 0.05) is 34.3 Å². The van der Waals surface area contributed by atoms with E-state index in [0.29, 0.717) is 45.9 Å². The first-order valence-electron chi connectivity index (χ1n) is 15.5. The number of carboxylic acid groups (broad SMARTS) is 1. The maximum absolute atomic E-state index is 14.5. The number of aromatic hydroxyl groups is 1. The van der Waals surface area contributed by atoms with Gasteiger partial charge >= 0.3 is 6.09 Å². The van der Waals surface area contributed by atoms with Gasteiger partial charge in [0.15, 0.2) is 11.5 Å². The van der Waals surface area contributed by atoms with Crippen LogP contribution in [0.4, 0.5) is 10.5 Å². The Hall–Kier alpha value is -4.16. The van der Waals surface area contributed by atoms with Crippen molar-refractivity contribution in [2.75, 3.05) is 12.4 Å². The van der Waals surface area contributed by atoms with E-state index in [9.17, 15) is 29.4 Å². The third-order valence-electron chi connectivity index (χ3n) is 9.10. The van der Waals surface area contributed by atoms with Crippen molar-refractivity contribution < 1.29 is 34.1 Å². The van der Waals surface area contributed by atoms with Gasteiger partial charge in [0.2, 0.25) is 17.7 Å². The molecule has 1 aliphatic carbocycles. The van der Waals surface area contributed by atoms with Gasteiger partial charge in [-0.3, -0.25) is 14.4 Å². The number of hydrogen-bond acceptors (Lipinski definition) is 6. The number of ether oxygens (including phenoxy) is 1. The fourth-order valence-corrected chi connectivity index (χ4v) is 6.47. The maximum atomic E-state index is 14.5. The van der Waals surface area contributed by atoms with E-state index in [-0.39, 0.29) is 36.2 Å². The second-order valence-corrected chi connectivity index (χ2v) is 13.0. The van der Waals surface area contributed by atoms with E-state index < -0.39 is 41.4 Å². The summed E-state index contributed by atoms with van der Waals surface area (Å²) in [6.45, 7) is 7.30. The summed E-state index contributed by atoms with van der Waals surface area (Å²) in [7, 11) is 1.39. The number of methoxy groups -OCH3 is 1. The highest BCUT2D eigenvalue weighted by Crippen LogP contribution is 2.38. The van der Waals surface area contributed by atoms with Crippen molar-refractivity contribution in [3.8, 4) is 11.5 Å². The van der Waals surface area contributed by atoms with Gasteiger partial charge in [-0.05, 0) is 54.5 Å². The number of halogens is 2. The molecule has 12 nitrogen and oxygen atoms in total. The normalized spacial score (nSPS) is 18.3. The molecule has 0 saturated heterocycles. The lowest BCUT2D eigenvalue weighted by Crippen LogP contribution is -2.67. The second-order valence-electron chi connectivity index (χ2n) is 12.2. The number of aryl methyl sites for hydroxylation is 1. The molecule has 254 valence electrons. The van der Waals surface area contributed by atoms with Crippen LogP contribution in [0.15, 0.2) is 30.3 Å². The Bertz CT molecular complexity index is 1680. The van der Waals surface area contributed by atoms with Crippen LogP contribution >= 0.6 is 23.2 Å². The first-order chi connectivity index (χ1) is 22.2. The van der Waals surface area contributed by atoms with Crippen LogP contribution in [0, 0.1) is 11.8 Å². The Morgan fingerprint density at radius 2 is 1.66 bits per heavy atom. The molecule has 2 unspecified atom stereocenters. The van der Waals surface area contributed by atoms with Crippen molar-refractivity contribution in [3.63, 3.8) is 0 Å². The van der Waals surface area contributed by atoms with Crippen LogP contribution in [0.5, 0.6) is 11.5 Å². The fourth-order valence-electron chi connectivity index (χ4n) is 5.93. The average molecular weight is 691 g/mol. The molecule has 0 saturated carbocycles. The van der Waals surface area contributed by atoms with E-state index >= 15 is 0 Å². The van der Waals surface area contributed by atoms with E-state index in [1.165, 1.54) is 25.3 Å². The Kier molecular flexibility index (Phi) is 11.2. The summed E-state index contributed by atoms with van der Waals surface area (Å²) in [5.41, 5.74) is 1.00. The SMILES string of the molecule is CCC(C)[C@H](NC(=O)O)C(=O)N[C@]1(C(=O)N[C@H](C(=O)Nc2ccc(O)c(OC)c2)C(C)CC)CCc2[nH]c3c(Cl)cc(Cl)cc3c2C1. The van der Waals surface area contributed by atoms with Crippen molar-refractivity contribution in [2.24, 2.45) is 11.8 Å². The number of hydrogen-bond donors (Lipinski definition) is 7. The quantitative estimate of drug-likeness (QED) is 0.125. The van der Waals surface area contributed by atoms with Gasteiger partial charge in [-0.15, -0.1) is 0 Å². The van der Waals surface area contributed by atoms with Crippen molar-refractivity contribution in [1.82, 2.24) is 20.9 Å². The molecule has 0 fully saturated rings. The largest absolute Gasteiger partial charge is 0.504 e. The van der Waals surface area contributed by atoms with E-state index in [1.807, 2.05) is 20.8 Å². The summed E-state index contributed by atoms with van der Waals surface area (Å²) in [4.78, 5) is 57.0. The molecule has 47 heavy (non-hydrogen) atoms. The van der Waals surface area contributed by atoms with E-state index in [0.717, 1.165) is 11.3 Å². The van der Waals surface area contributed by atoms with Gasteiger partial charge in [0.05, 0.1) is 17.6 Å². The number of phenolic OH excluding ortho intramolecular Hbond substituents is 1. The highest BCUT2D eigenvalue weighted by molar-refractivity contribution is 6.38. The fraction of sp³-hybridized carbons (Fsp3) is 0.455. The number of anilines is 1. The van der Waals surface area contributed by atoms with Crippen LogP contribution in [-0.4, -0.2) is 63.7 Å². The summed E-state index contributed by atoms with van der Waals surface area (Å²) < 4.78 is 5.15. The molecule has 5 atom stereocenters. The van der Waals surface area contributed by atoms with Crippen molar-refractivity contribution in [2.45, 2.75) is 77.4 Å². The number of nitrogens with one attached hydrogen (secondary N) is 5. The van der Waals surface area contributed by atoms with Crippen LogP contribution < -0.4 is 26.0 Å². The van der Waals surface area contributed by atoms with E-state index in [4.69, 9.17) is 27.9 Å². The maximum Gasteiger partial charge on any atom is 0.405 e. The van der Waals surface area contributed by atoms with Gasteiger partial charge in [-0.2, -0.15) is 0 Å². The lowest BCUT2D eigenvalue weighted by atomic mass is 9.78. The van der Waals surface area contributed by atoms with Crippen molar-refractivity contribution in [3.05, 3.63) is 51.6 Å². The highest BCUT2D eigenvalue weighted by Gasteiger charge is 2.47. The van der Waals surface area contributed by atoms with Crippen LogP contribution in [-0.2, 0) is 27.2 Å². The van der Waals surface area contributed by atoms with E-state index in [1.54, 1.807) is 19.1 Å². The standard InChI is InChI=1S/C33H41Cl2N5O7/c1-6-16(3)26(29(42)36-19-8-9-24(41)25(14-19)47-5)38-31(44)33(40-30(43)27(17(4)7-2)39-32(45)46)11-10-23-21(15-33)20-12-18(34)13-22(35)28(20)37-23/h8-9,12-14,16-17,26-27,37,39,41H,6-7,10-11,15H2,1-5H3,(H,36,42)(H,38,44)(H,40,43)(H,45,46)/t16?,17?,26-,27-,33+/m0/s1. The number of carbonyl (C=O) groups is 4. The number of phenols is 1. The van der Waals surface area contributed by atoms with Gasteiger partial charge in [0.25, 0.3) is 0 Å². The third-order valence-corrected chi connectivity index (χ3v) is 9.62. The van der Waals surface area contributed by atoms with Gasteiger partial charge in [0.1, 0.15) is 17.6 Å². The van der Waals surface area contributed by atoms with Crippen LogP contribution in [0.3, 0.4) is 0 Å². The zero-order valence-electron chi connectivity index (χ0n) is 26.9. The molecular weight excluding hydrogens is 649 g/mol. The Morgan fingerprint density at radius 3 is 2.28 bits per heavy atom. The molecule has 2 aromatic carbocycles. The molecular formula is C33H41Cl2N5O7. The molecule has 4 amide bonds. The number of amides is 4. The lowest BCUT2D eigenvalue weighted by molar-refractivity contribution is -0.137. The molecule has 0 aliphatic heterocycles. The minimum atomic E-state index is -1.56. The molecule has 3 aromatic rings. The Balaban J connectivity index is 1.73. The van der Waals surface area contributed by atoms with Gasteiger partial charge < -0.3 is 41.2 Å². The number of aromatic amines is 1. The monoisotopic (exact) mass is 689 g/mol. The zero-order chi connectivity index (χ0) is 34.6. The van der Waals surface area contributed by atoms with Crippen LogP contribution in [0.25, 0.3) is 10.9 Å². The number of fused-ring (bicyclic) bond motifs is 3. The Labute approximate surface area is 282 Å². The zero-order valence-corrected chi connectivity index (χ0v) is 28.4. The van der Waals surface area contributed by atoms with Crippen molar-refractivity contribution in [1.29, 1.82) is 0 Å². The van der Waals surface area contributed by atoms with Crippen LogP contribution in [0.1, 0.15) is 58.2 Å². The van der Waals surface area contributed by atoms with Gasteiger partial charge in [-0.1, -0.05) is 63.7 Å². The molecule has 0 spiro atoms. The predicted octanol–water partition coefficient (Wildman–Crippen LogP) is 5.38. The smallest absolute Gasteiger partial charge is 0.405 e. The first-order valence-corrected chi connectivity index (χ1v) is 16.3. The lowest BCUT2D eigenvalue weighted by Gasteiger charge is -2.39. The number of rotatable bonds is 12. The average Bonchev–Trinajstić information content (AvgIpc) is 3.39. The third kappa shape index (κ3) is 7.70. The molecule has 14 heteroatoms. The molecule has 0 radical (unpaired) electrons. The number of carbonyl (C=O) groups excluding carboxylic acids is 3. The van der Waals surface area contributed by atoms with Gasteiger partial charge in [-0.25, -0.2) is 4.79 Å². The second kappa shape index (κ2) is 14.7. The summed E-state index contributed by atoms with van der Waals surface area (Å²) in [5.74, 6) is -2.39. The summed E-state index contributed by atoms with van der Waals surface area (Å²) >= 11 is 12.8. The molecule has 1 aromatic heterocycles. The summed E-state index contributed by atoms with van der Waals surface area (Å²) in [5, 5.41) is 31.9. The minimum absolute atomic E-state index is 0.0287. The summed E-state index contributed by atoms with van der Waals surface area (Å²) in [6, 6.07) is 5.56. The number of benzene rings is 2. The van der Waals surface area contributed by atoms with E-state index in [2.05, 4.69) is 26.3 Å². The highest BCUT2D eigenvalue weighted by atomic mass is 35.5. The van der Waals surface area contributed by atoms with Crippen molar-refractivity contribution >= 4 is 63.6 Å². The predicted molar refractivity (Wildman–Crippen MR) is 180 cm³/mol.